The van der Waals surface area contributed by atoms with Crippen molar-refractivity contribution in [2.24, 2.45) is 0 Å². The minimum atomic E-state index is -0.229. The van der Waals surface area contributed by atoms with E-state index in [0.717, 1.165) is 11.1 Å². The molecule has 0 saturated carbocycles. The number of carbonyl (C=O) groups excluding carboxylic acids is 1. The van der Waals surface area contributed by atoms with Gasteiger partial charge >= 0.3 is 5.97 Å². The normalized spacial score (nSPS) is 10.1. The Bertz CT molecular complexity index is 944. The number of ether oxygens (including phenoxy) is 2. The first kappa shape index (κ1) is 18.1. The Morgan fingerprint density at radius 2 is 1.74 bits per heavy atom. The molecule has 3 rings (SSSR count). The fraction of sp³-hybridized carbons (Fsp3) is 0.143. The quantitative estimate of drug-likeness (QED) is 0.620. The lowest BCUT2D eigenvalue weighted by molar-refractivity contribution is -0.140. The minimum absolute atomic E-state index is 0.229. The number of methoxy groups -OCH3 is 1. The molecule has 0 radical (unpaired) electrons. The van der Waals surface area contributed by atoms with E-state index in [1.165, 1.54) is 7.11 Å². The van der Waals surface area contributed by atoms with Gasteiger partial charge in [-0.1, -0.05) is 24.3 Å². The van der Waals surface area contributed by atoms with Crippen molar-refractivity contribution in [2.45, 2.75) is 12.8 Å². The van der Waals surface area contributed by atoms with Gasteiger partial charge in [0.2, 0.25) is 5.88 Å². The van der Waals surface area contributed by atoms with Crippen LogP contribution < -0.4 is 4.74 Å². The largest absolute Gasteiger partial charge is 0.469 e. The van der Waals surface area contributed by atoms with Crippen molar-refractivity contribution in [1.29, 1.82) is 5.26 Å². The third-order valence-electron chi connectivity index (χ3n) is 3.94. The van der Waals surface area contributed by atoms with E-state index in [-0.39, 0.29) is 5.97 Å². The van der Waals surface area contributed by atoms with Crippen molar-refractivity contribution < 1.29 is 14.3 Å². The van der Waals surface area contributed by atoms with Gasteiger partial charge in [0, 0.05) is 18.1 Å². The van der Waals surface area contributed by atoms with Gasteiger partial charge in [-0.3, -0.25) is 4.79 Å². The zero-order valence-electron chi connectivity index (χ0n) is 14.8. The van der Waals surface area contributed by atoms with E-state index in [9.17, 15) is 4.79 Å². The van der Waals surface area contributed by atoms with E-state index in [1.54, 1.807) is 18.2 Å². The molecule has 1 heterocycles. The van der Waals surface area contributed by atoms with Gasteiger partial charge in [0.05, 0.1) is 24.4 Å². The summed E-state index contributed by atoms with van der Waals surface area (Å²) in [4.78, 5) is 11.2. The van der Waals surface area contributed by atoms with Crippen LogP contribution in [0, 0.1) is 11.3 Å². The van der Waals surface area contributed by atoms with Crippen LogP contribution >= 0.6 is 0 Å². The Morgan fingerprint density at radius 3 is 2.33 bits per heavy atom. The van der Waals surface area contributed by atoms with E-state index < -0.39 is 0 Å². The summed E-state index contributed by atoms with van der Waals surface area (Å²) in [6.45, 7) is 0. The second kappa shape index (κ2) is 8.59. The highest BCUT2D eigenvalue weighted by molar-refractivity contribution is 5.69. The molecule has 6 heteroatoms. The number of benzene rings is 2. The van der Waals surface area contributed by atoms with Gasteiger partial charge in [-0.05, 0) is 42.3 Å². The summed E-state index contributed by atoms with van der Waals surface area (Å²) in [6, 6.07) is 20.2. The third kappa shape index (κ3) is 4.89. The summed E-state index contributed by atoms with van der Waals surface area (Å²) < 4.78 is 10.3. The summed E-state index contributed by atoms with van der Waals surface area (Å²) >= 11 is 0. The number of rotatable bonds is 6. The number of hydrogen-bond acceptors (Lipinski definition) is 6. The van der Waals surface area contributed by atoms with Crippen molar-refractivity contribution in [1.82, 2.24) is 10.2 Å². The first-order chi connectivity index (χ1) is 13.2. The Hall–Kier alpha value is -3.72. The molecule has 0 unspecified atom stereocenters. The lowest BCUT2D eigenvalue weighted by Crippen LogP contribution is -2.01. The first-order valence-corrected chi connectivity index (χ1v) is 8.36. The molecule has 1 aromatic heterocycles. The number of aromatic nitrogens is 2. The minimum Gasteiger partial charge on any atom is -0.469 e. The molecule has 0 aliphatic heterocycles. The lowest BCUT2D eigenvalue weighted by atomic mass is 10.1. The molecule has 134 valence electrons. The highest BCUT2D eigenvalue weighted by atomic mass is 16.5. The highest BCUT2D eigenvalue weighted by Crippen LogP contribution is 2.22. The van der Waals surface area contributed by atoms with Gasteiger partial charge in [-0.15, -0.1) is 10.2 Å². The fourth-order valence-electron chi connectivity index (χ4n) is 2.44. The average molecular weight is 359 g/mol. The predicted molar refractivity (Wildman–Crippen MR) is 99.0 cm³/mol. The van der Waals surface area contributed by atoms with Gasteiger partial charge in [0.15, 0.2) is 0 Å². The SMILES string of the molecule is COC(=O)CCc1ccc(Oc2ccc(-c3ccc(C#N)cc3)nn2)cc1. The Kier molecular flexibility index (Phi) is 5.75. The number of esters is 1. The van der Waals surface area contributed by atoms with Gasteiger partial charge in [-0.25, -0.2) is 0 Å². The molecule has 0 saturated heterocycles. The smallest absolute Gasteiger partial charge is 0.305 e. The molecule has 27 heavy (non-hydrogen) atoms. The van der Waals surface area contributed by atoms with Crippen LogP contribution in [0.15, 0.2) is 60.7 Å². The molecule has 0 bridgehead atoms. The summed E-state index contributed by atoms with van der Waals surface area (Å²) in [7, 11) is 1.38. The fourth-order valence-corrected chi connectivity index (χ4v) is 2.44. The molecule has 0 amide bonds. The zero-order chi connectivity index (χ0) is 19.1. The summed E-state index contributed by atoms with van der Waals surface area (Å²) in [5, 5.41) is 17.1. The van der Waals surface area contributed by atoms with Crippen LogP contribution in [0.3, 0.4) is 0 Å². The molecular formula is C21H17N3O3. The van der Waals surface area contributed by atoms with Crippen LogP contribution in [0.2, 0.25) is 0 Å². The Labute approximate surface area is 157 Å². The van der Waals surface area contributed by atoms with Crippen LogP contribution in [0.5, 0.6) is 11.6 Å². The summed E-state index contributed by atoms with van der Waals surface area (Å²) in [6.07, 6.45) is 0.963. The molecule has 0 aliphatic rings. The summed E-state index contributed by atoms with van der Waals surface area (Å²) in [5.74, 6) is 0.792. The standard InChI is InChI=1S/C21H17N3O3/c1-26-21(25)13-6-15-4-9-18(10-5-15)27-20-12-11-19(23-24-20)17-7-2-16(14-22)3-8-17/h2-5,7-12H,6,13H2,1H3. The van der Waals surface area contributed by atoms with E-state index in [2.05, 4.69) is 21.0 Å². The number of carbonyl (C=O) groups is 1. The van der Waals surface area contributed by atoms with Crippen molar-refractivity contribution in [3.05, 3.63) is 71.8 Å². The van der Waals surface area contributed by atoms with Crippen molar-refractivity contribution in [2.75, 3.05) is 7.11 Å². The van der Waals surface area contributed by atoms with Gasteiger partial charge in [0.25, 0.3) is 0 Å². The molecule has 6 nitrogen and oxygen atoms in total. The van der Waals surface area contributed by atoms with Crippen LogP contribution in [0.25, 0.3) is 11.3 Å². The molecule has 0 fully saturated rings. The molecule has 0 aliphatic carbocycles. The van der Waals surface area contributed by atoms with Crippen LogP contribution in [0.1, 0.15) is 17.5 Å². The Balaban J connectivity index is 1.62. The van der Waals surface area contributed by atoms with Gasteiger partial charge < -0.3 is 9.47 Å². The van der Waals surface area contributed by atoms with E-state index in [0.29, 0.717) is 35.7 Å². The molecule has 2 aromatic carbocycles. The van der Waals surface area contributed by atoms with E-state index in [4.69, 9.17) is 10.00 Å². The number of nitriles is 1. The van der Waals surface area contributed by atoms with Crippen molar-refractivity contribution in [3.63, 3.8) is 0 Å². The first-order valence-electron chi connectivity index (χ1n) is 8.36. The van der Waals surface area contributed by atoms with Crippen molar-refractivity contribution >= 4 is 5.97 Å². The maximum atomic E-state index is 11.2. The molecule has 0 atom stereocenters. The average Bonchev–Trinajstić information content (AvgIpc) is 2.73. The molecule has 0 N–H and O–H groups in total. The maximum Gasteiger partial charge on any atom is 0.305 e. The van der Waals surface area contributed by atoms with Crippen LogP contribution in [0.4, 0.5) is 0 Å². The van der Waals surface area contributed by atoms with Crippen LogP contribution in [-0.2, 0) is 16.0 Å². The van der Waals surface area contributed by atoms with Crippen molar-refractivity contribution in [3.8, 4) is 29.0 Å². The zero-order valence-corrected chi connectivity index (χ0v) is 14.8. The van der Waals surface area contributed by atoms with Gasteiger partial charge in [0.1, 0.15) is 5.75 Å². The molecular weight excluding hydrogens is 342 g/mol. The second-order valence-electron chi connectivity index (χ2n) is 5.77. The second-order valence-corrected chi connectivity index (χ2v) is 5.77. The Morgan fingerprint density at radius 1 is 1.00 bits per heavy atom. The topological polar surface area (TPSA) is 85.1 Å². The number of aryl methyl sites for hydroxylation is 1. The van der Waals surface area contributed by atoms with Crippen LogP contribution in [-0.4, -0.2) is 23.3 Å². The highest BCUT2D eigenvalue weighted by Gasteiger charge is 2.05. The predicted octanol–water partition coefficient (Wildman–Crippen LogP) is 3.91. The molecule has 0 spiro atoms. The number of hydrogen-bond donors (Lipinski definition) is 0. The third-order valence-corrected chi connectivity index (χ3v) is 3.94. The van der Waals surface area contributed by atoms with E-state index >= 15 is 0 Å². The number of nitrogens with zero attached hydrogens (tertiary/aromatic N) is 3. The monoisotopic (exact) mass is 359 g/mol. The maximum absolute atomic E-state index is 11.2. The summed E-state index contributed by atoms with van der Waals surface area (Å²) in [5.41, 5.74) is 3.20. The molecule has 3 aromatic rings. The van der Waals surface area contributed by atoms with E-state index in [1.807, 2.05) is 42.5 Å². The van der Waals surface area contributed by atoms with Gasteiger partial charge in [-0.2, -0.15) is 5.26 Å². The lowest BCUT2D eigenvalue weighted by Gasteiger charge is -2.06.